The Labute approximate surface area is 194 Å². The number of hydrogen-bond donors (Lipinski definition) is 1. The van der Waals surface area contributed by atoms with Crippen molar-refractivity contribution in [1.82, 2.24) is 10.2 Å². The summed E-state index contributed by atoms with van der Waals surface area (Å²) in [7, 11) is 0. The average Bonchev–Trinajstić information content (AvgIpc) is 3.14. The van der Waals surface area contributed by atoms with Crippen LogP contribution in [0.4, 0.5) is 22.9 Å². The van der Waals surface area contributed by atoms with Crippen LogP contribution in [-0.4, -0.2) is 39.0 Å². The number of anilines is 2. The van der Waals surface area contributed by atoms with E-state index in [-0.39, 0.29) is 5.56 Å². The van der Waals surface area contributed by atoms with Crippen LogP contribution in [0.5, 0.6) is 0 Å². The molecule has 0 aliphatic carbocycles. The summed E-state index contributed by atoms with van der Waals surface area (Å²) in [5.74, 6) is 0.168. The van der Waals surface area contributed by atoms with Gasteiger partial charge in [-0.1, -0.05) is 25.0 Å². The molecule has 0 bridgehead atoms. The zero-order valence-corrected chi connectivity index (χ0v) is 18.2. The minimum atomic E-state index is -0.780. The molecule has 11 nitrogen and oxygen atoms in total. The Balaban J connectivity index is 1.46. The molecule has 34 heavy (non-hydrogen) atoms. The minimum absolute atomic E-state index is 0.181. The molecule has 174 valence electrons. The summed E-state index contributed by atoms with van der Waals surface area (Å²) in [6, 6.07) is 13.5. The number of carbonyl (C=O) groups is 1. The maximum atomic E-state index is 12.5. The Morgan fingerprint density at radius 1 is 0.824 bits per heavy atom. The highest BCUT2D eigenvalue weighted by Gasteiger charge is 2.20. The summed E-state index contributed by atoms with van der Waals surface area (Å²) in [5, 5.41) is 33.4. The lowest BCUT2D eigenvalue weighted by Gasteiger charge is -2.20. The van der Waals surface area contributed by atoms with Crippen molar-refractivity contribution < 1.29 is 14.6 Å². The topological polar surface area (TPSA) is 144 Å². The van der Waals surface area contributed by atoms with E-state index in [0.29, 0.717) is 11.4 Å². The van der Waals surface area contributed by atoms with Crippen LogP contribution < -0.4 is 10.2 Å². The van der Waals surface area contributed by atoms with Crippen molar-refractivity contribution in [2.45, 2.75) is 25.7 Å². The molecule has 4 rings (SSSR count). The number of non-ortho nitro benzene ring substituents is 2. The van der Waals surface area contributed by atoms with Gasteiger partial charge in [-0.05, 0) is 37.1 Å². The molecule has 1 fully saturated rings. The maximum Gasteiger partial charge on any atom is 0.277 e. The fourth-order valence-electron chi connectivity index (χ4n) is 3.81. The van der Waals surface area contributed by atoms with Gasteiger partial charge >= 0.3 is 0 Å². The number of carbonyl (C=O) groups excluding carboxylic acids is 1. The van der Waals surface area contributed by atoms with Gasteiger partial charge in [0.2, 0.25) is 0 Å². The number of benzene rings is 2. The van der Waals surface area contributed by atoms with Gasteiger partial charge in [-0.15, -0.1) is 10.2 Å². The summed E-state index contributed by atoms with van der Waals surface area (Å²) in [6.45, 7) is 1.96. The van der Waals surface area contributed by atoms with Crippen LogP contribution in [0.2, 0.25) is 0 Å². The van der Waals surface area contributed by atoms with E-state index in [0.717, 1.165) is 55.5 Å². The number of aromatic nitrogens is 2. The molecule has 1 aliphatic heterocycles. The van der Waals surface area contributed by atoms with Crippen molar-refractivity contribution in [3.8, 4) is 11.3 Å². The van der Waals surface area contributed by atoms with Crippen LogP contribution in [0, 0.1) is 20.2 Å². The van der Waals surface area contributed by atoms with Gasteiger partial charge in [0.25, 0.3) is 17.3 Å². The number of nitrogens with zero attached hydrogens (tertiary/aromatic N) is 5. The van der Waals surface area contributed by atoms with Crippen molar-refractivity contribution >= 4 is 28.8 Å². The first-order valence-corrected chi connectivity index (χ1v) is 10.8. The molecule has 11 heteroatoms. The number of nitrogens with one attached hydrogen (secondary N) is 1. The third-order valence-electron chi connectivity index (χ3n) is 5.61. The Bertz CT molecular complexity index is 1170. The van der Waals surface area contributed by atoms with Crippen LogP contribution in [0.15, 0.2) is 54.6 Å². The number of amides is 1. The smallest absolute Gasteiger partial charge is 0.277 e. The van der Waals surface area contributed by atoms with E-state index in [4.69, 9.17) is 0 Å². The fourth-order valence-corrected chi connectivity index (χ4v) is 3.81. The van der Waals surface area contributed by atoms with Crippen molar-refractivity contribution in [3.63, 3.8) is 0 Å². The highest BCUT2D eigenvalue weighted by Crippen LogP contribution is 2.25. The van der Waals surface area contributed by atoms with Gasteiger partial charge in [0, 0.05) is 36.5 Å². The number of nitro groups is 2. The first-order valence-electron chi connectivity index (χ1n) is 10.8. The molecule has 0 unspecified atom stereocenters. The monoisotopic (exact) mass is 462 g/mol. The summed E-state index contributed by atoms with van der Waals surface area (Å²) in [6.07, 6.45) is 4.78. The maximum absolute atomic E-state index is 12.5. The molecule has 0 spiro atoms. The highest BCUT2D eigenvalue weighted by atomic mass is 16.6. The second kappa shape index (κ2) is 10.0. The normalized spacial score (nSPS) is 13.7. The van der Waals surface area contributed by atoms with Gasteiger partial charge < -0.3 is 10.2 Å². The predicted octanol–water partition coefficient (Wildman–Crippen LogP) is 4.59. The standard InChI is InChI=1S/C23H22N6O5/c30-23(17-13-19(28(31)32)15-20(14-17)29(33)34)24-18-7-5-16(6-8-18)21-9-10-22(26-25-21)27-11-3-1-2-4-12-27/h5-10,13-15H,1-4,11-12H2,(H,24,30). The first-order chi connectivity index (χ1) is 16.4. The van der Waals surface area contributed by atoms with Crippen molar-refractivity contribution in [1.29, 1.82) is 0 Å². The number of nitro benzene ring substituents is 2. The Morgan fingerprint density at radius 3 is 1.97 bits per heavy atom. The average molecular weight is 462 g/mol. The summed E-state index contributed by atoms with van der Waals surface area (Å²) in [4.78, 5) is 35.3. The van der Waals surface area contributed by atoms with Crippen LogP contribution in [-0.2, 0) is 0 Å². The molecular weight excluding hydrogens is 440 g/mol. The quantitative estimate of drug-likeness (QED) is 0.413. The van der Waals surface area contributed by atoms with Crippen molar-refractivity contribution in [3.05, 3.63) is 80.4 Å². The van der Waals surface area contributed by atoms with E-state index >= 15 is 0 Å². The van der Waals surface area contributed by atoms with Crippen LogP contribution in [0.3, 0.4) is 0 Å². The van der Waals surface area contributed by atoms with Gasteiger partial charge in [-0.25, -0.2) is 0 Å². The summed E-state index contributed by atoms with van der Waals surface area (Å²) < 4.78 is 0. The molecule has 0 atom stereocenters. The van der Waals surface area contributed by atoms with Crippen LogP contribution in [0.1, 0.15) is 36.0 Å². The summed E-state index contributed by atoms with van der Waals surface area (Å²) in [5.41, 5.74) is 0.676. The molecule has 2 heterocycles. The lowest BCUT2D eigenvalue weighted by molar-refractivity contribution is -0.394. The molecule has 1 amide bonds. The van der Waals surface area contributed by atoms with E-state index in [2.05, 4.69) is 20.4 Å². The van der Waals surface area contributed by atoms with Gasteiger partial charge in [-0.2, -0.15) is 0 Å². The van der Waals surface area contributed by atoms with E-state index in [1.165, 1.54) is 12.8 Å². The molecule has 1 N–H and O–H groups in total. The zero-order valence-electron chi connectivity index (χ0n) is 18.2. The number of hydrogen-bond acceptors (Lipinski definition) is 8. The van der Waals surface area contributed by atoms with Gasteiger partial charge in [0.05, 0.1) is 27.2 Å². The lowest BCUT2D eigenvalue weighted by atomic mass is 10.1. The number of rotatable bonds is 6. The van der Waals surface area contributed by atoms with Gasteiger partial charge in [-0.3, -0.25) is 25.0 Å². The van der Waals surface area contributed by atoms with Gasteiger partial charge in [0.1, 0.15) is 0 Å². The SMILES string of the molecule is O=C(Nc1ccc(-c2ccc(N3CCCCCC3)nn2)cc1)c1cc([N+](=O)[O-])cc([N+](=O)[O-])c1. The predicted molar refractivity (Wildman–Crippen MR) is 126 cm³/mol. The Morgan fingerprint density at radius 2 is 1.44 bits per heavy atom. The molecule has 0 saturated carbocycles. The van der Waals surface area contributed by atoms with Crippen molar-refractivity contribution in [2.24, 2.45) is 0 Å². The molecule has 1 aliphatic rings. The van der Waals surface area contributed by atoms with E-state index < -0.39 is 27.1 Å². The lowest BCUT2D eigenvalue weighted by Crippen LogP contribution is -2.25. The molecule has 1 aromatic heterocycles. The van der Waals surface area contributed by atoms with E-state index in [1.807, 2.05) is 12.1 Å². The molecule has 1 saturated heterocycles. The Hall–Kier alpha value is -4.41. The molecule has 2 aromatic carbocycles. The van der Waals surface area contributed by atoms with Crippen molar-refractivity contribution in [2.75, 3.05) is 23.3 Å². The van der Waals surface area contributed by atoms with E-state index in [9.17, 15) is 25.0 Å². The van der Waals surface area contributed by atoms with Gasteiger partial charge in [0.15, 0.2) is 5.82 Å². The largest absolute Gasteiger partial charge is 0.355 e. The molecule has 0 radical (unpaired) electrons. The second-order valence-corrected chi connectivity index (χ2v) is 7.96. The Kier molecular flexibility index (Phi) is 6.72. The molecular formula is C23H22N6O5. The minimum Gasteiger partial charge on any atom is -0.355 e. The van der Waals surface area contributed by atoms with Crippen LogP contribution >= 0.6 is 0 Å². The van der Waals surface area contributed by atoms with Crippen LogP contribution in [0.25, 0.3) is 11.3 Å². The second-order valence-electron chi connectivity index (χ2n) is 7.96. The molecule has 3 aromatic rings. The fraction of sp³-hybridized carbons (Fsp3) is 0.261. The first kappa shape index (κ1) is 22.8. The van der Waals surface area contributed by atoms with E-state index in [1.54, 1.807) is 24.3 Å². The summed E-state index contributed by atoms with van der Waals surface area (Å²) >= 11 is 0. The zero-order chi connectivity index (χ0) is 24.1. The third kappa shape index (κ3) is 5.31. The highest BCUT2D eigenvalue weighted by molar-refractivity contribution is 6.05. The third-order valence-corrected chi connectivity index (χ3v) is 5.61.